The topological polar surface area (TPSA) is 214 Å². The van der Waals surface area contributed by atoms with Crippen molar-refractivity contribution in [2.75, 3.05) is 33.0 Å². The molecule has 2 aliphatic rings. The van der Waals surface area contributed by atoms with E-state index in [-0.39, 0.29) is 25.6 Å². The molecule has 0 bridgehead atoms. The van der Waals surface area contributed by atoms with Crippen molar-refractivity contribution in [3.63, 3.8) is 0 Å². The maximum Gasteiger partial charge on any atom is 0.306 e. The predicted molar refractivity (Wildman–Crippen MR) is 298 cm³/mol. The summed E-state index contributed by atoms with van der Waals surface area (Å²) in [6.07, 6.45) is 40.6. The van der Waals surface area contributed by atoms with Crippen molar-refractivity contribution in [3.05, 3.63) is 36.5 Å². The number of hydrogen-bond acceptors (Lipinski definition) is 14. The zero-order chi connectivity index (χ0) is 54.4. The molecule has 0 spiro atoms. The van der Waals surface area contributed by atoms with Crippen molar-refractivity contribution in [2.24, 2.45) is 0 Å². The summed E-state index contributed by atoms with van der Waals surface area (Å²) >= 11 is 0. The second-order valence-electron chi connectivity index (χ2n) is 21.5. The van der Waals surface area contributed by atoms with Gasteiger partial charge < -0.3 is 64.2 Å². The second kappa shape index (κ2) is 48.1. The highest BCUT2D eigenvalue weighted by Crippen LogP contribution is 2.27. The standard InChI is InChI=1S/C61H112O14/c1-3-5-7-9-11-13-15-17-19-21-23-24-25-27-29-31-33-35-37-39-41-43-45-70-47-50(73-53(63)44-42-40-38-36-34-32-30-28-26-22-20-18-16-14-12-10-8-6-4-2)48-71-60-59(69)57(67)55(65)52(75-60)49-72-61-58(68)56(66)54(64)51(46-62)74-61/h15,17-18,20-21,23,50-52,54-62,64-69H,3-14,16,19,22,24-49H2,1-2H3/b17-15-,20-18-,23-21-. The molecule has 7 N–H and O–H groups in total. The molecule has 0 aromatic heterocycles. The molecule has 11 atom stereocenters. The fourth-order valence-corrected chi connectivity index (χ4v) is 9.66. The van der Waals surface area contributed by atoms with Gasteiger partial charge in [-0.25, -0.2) is 0 Å². The van der Waals surface area contributed by atoms with Gasteiger partial charge >= 0.3 is 5.97 Å². The van der Waals surface area contributed by atoms with Crippen LogP contribution in [0, 0.1) is 0 Å². The summed E-state index contributed by atoms with van der Waals surface area (Å²) < 4.78 is 34.4. The molecule has 75 heavy (non-hydrogen) atoms. The van der Waals surface area contributed by atoms with Crippen LogP contribution in [0.4, 0.5) is 0 Å². The molecule has 2 aliphatic heterocycles. The van der Waals surface area contributed by atoms with Crippen molar-refractivity contribution in [1.29, 1.82) is 0 Å². The third kappa shape index (κ3) is 34.7. The summed E-state index contributed by atoms with van der Waals surface area (Å²) in [7, 11) is 0. The average molecular weight is 1070 g/mol. The summed E-state index contributed by atoms with van der Waals surface area (Å²) in [6.45, 7) is 3.70. The Kier molecular flexibility index (Phi) is 44.5. The van der Waals surface area contributed by atoms with E-state index in [4.69, 9.17) is 28.4 Å². The number of aliphatic hydroxyl groups is 7. The van der Waals surface area contributed by atoms with Crippen LogP contribution in [-0.2, 0) is 33.2 Å². The summed E-state index contributed by atoms with van der Waals surface area (Å²) in [4.78, 5) is 13.1. The molecule has 440 valence electrons. The first kappa shape index (κ1) is 69.3. The normalized spacial score (nSPS) is 24.8. The van der Waals surface area contributed by atoms with Gasteiger partial charge in [0.15, 0.2) is 12.6 Å². The van der Waals surface area contributed by atoms with Crippen molar-refractivity contribution in [1.82, 2.24) is 0 Å². The highest BCUT2D eigenvalue weighted by molar-refractivity contribution is 5.69. The monoisotopic (exact) mass is 1070 g/mol. The smallest absolute Gasteiger partial charge is 0.306 e. The zero-order valence-electron chi connectivity index (χ0n) is 47.3. The first-order chi connectivity index (χ1) is 36.6. The van der Waals surface area contributed by atoms with E-state index >= 15 is 0 Å². The fourth-order valence-electron chi connectivity index (χ4n) is 9.66. The Bertz CT molecular complexity index is 1380. The average Bonchev–Trinajstić information content (AvgIpc) is 3.41. The molecular weight excluding hydrogens is 957 g/mol. The van der Waals surface area contributed by atoms with Crippen molar-refractivity contribution in [2.45, 2.75) is 313 Å². The summed E-state index contributed by atoms with van der Waals surface area (Å²) in [5.74, 6) is -0.376. The maximum atomic E-state index is 13.1. The van der Waals surface area contributed by atoms with Crippen LogP contribution < -0.4 is 0 Å². The number of carbonyl (C=O) groups is 1. The third-order valence-electron chi connectivity index (χ3n) is 14.6. The largest absolute Gasteiger partial charge is 0.457 e. The van der Waals surface area contributed by atoms with Gasteiger partial charge in [0.2, 0.25) is 0 Å². The Hall–Kier alpha value is -1.79. The molecule has 0 aliphatic carbocycles. The lowest BCUT2D eigenvalue weighted by Gasteiger charge is -2.42. The van der Waals surface area contributed by atoms with E-state index in [0.717, 1.165) is 44.9 Å². The number of aliphatic hydroxyl groups excluding tert-OH is 7. The van der Waals surface area contributed by atoms with Gasteiger partial charge in [-0.1, -0.05) is 204 Å². The van der Waals surface area contributed by atoms with Crippen molar-refractivity contribution < 1.29 is 69.0 Å². The van der Waals surface area contributed by atoms with Crippen LogP contribution in [-0.4, -0.2) is 142 Å². The number of rotatable bonds is 50. The minimum absolute atomic E-state index is 0.0605. The number of carbonyl (C=O) groups excluding carboxylic acids is 1. The number of unbranched alkanes of at least 4 members (excludes halogenated alkanes) is 30. The van der Waals surface area contributed by atoms with Gasteiger partial charge in [0.25, 0.3) is 0 Å². The molecule has 14 nitrogen and oxygen atoms in total. The van der Waals surface area contributed by atoms with E-state index in [2.05, 4.69) is 50.3 Å². The Morgan fingerprint density at radius 2 is 0.827 bits per heavy atom. The molecule has 0 aromatic rings. The quantitative estimate of drug-likeness (QED) is 0.0172. The number of ether oxygens (including phenoxy) is 6. The predicted octanol–water partition coefficient (Wildman–Crippen LogP) is 11.3. The molecule has 0 saturated carbocycles. The molecule has 2 saturated heterocycles. The van der Waals surface area contributed by atoms with Gasteiger partial charge in [0.1, 0.15) is 54.9 Å². The highest BCUT2D eigenvalue weighted by atomic mass is 16.7. The SMILES string of the molecule is CCCCCCC/C=C\C/C=C\CCCCCCCCCCCCOCC(COC1OC(COC2OC(CO)C(O)C(O)C2O)C(O)C(O)C1O)OC(=O)CCCCCCCCCCC/C=C\CCCCCCCC. The fraction of sp³-hybridized carbons (Fsp3) is 0.885. The first-order valence-electron chi connectivity index (χ1n) is 30.6. The van der Waals surface area contributed by atoms with E-state index in [0.29, 0.717) is 13.0 Å². The Balaban J connectivity index is 1.70. The number of hydrogen-bond donors (Lipinski definition) is 7. The molecule has 2 rings (SSSR count). The number of allylic oxidation sites excluding steroid dienone is 6. The highest BCUT2D eigenvalue weighted by Gasteiger charge is 2.47. The van der Waals surface area contributed by atoms with E-state index in [1.165, 1.54) is 173 Å². The Morgan fingerprint density at radius 3 is 1.29 bits per heavy atom. The summed E-state index contributed by atoms with van der Waals surface area (Å²) in [5, 5.41) is 72.4. The van der Waals surface area contributed by atoms with Gasteiger partial charge in [0.05, 0.1) is 26.4 Å². The van der Waals surface area contributed by atoms with Crippen LogP contribution in [0.3, 0.4) is 0 Å². The van der Waals surface area contributed by atoms with Crippen LogP contribution >= 0.6 is 0 Å². The zero-order valence-corrected chi connectivity index (χ0v) is 47.3. The van der Waals surface area contributed by atoms with Gasteiger partial charge in [-0.15, -0.1) is 0 Å². The van der Waals surface area contributed by atoms with Crippen molar-refractivity contribution in [3.8, 4) is 0 Å². The van der Waals surface area contributed by atoms with Crippen molar-refractivity contribution >= 4 is 5.97 Å². The molecule has 11 unspecified atom stereocenters. The molecule has 0 aromatic carbocycles. The van der Waals surface area contributed by atoms with E-state index < -0.39 is 80.7 Å². The van der Waals surface area contributed by atoms with Crippen LogP contribution in [0.25, 0.3) is 0 Å². The molecule has 0 amide bonds. The van der Waals surface area contributed by atoms with Crippen LogP contribution in [0.2, 0.25) is 0 Å². The lowest BCUT2D eigenvalue weighted by molar-refractivity contribution is -0.332. The molecule has 14 heteroatoms. The number of esters is 1. The molecule has 2 heterocycles. The Labute approximate surface area is 455 Å². The minimum Gasteiger partial charge on any atom is -0.457 e. The molecule has 2 fully saturated rings. The summed E-state index contributed by atoms with van der Waals surface area (Å²) in [5.41, 5.74) is 0. The van der Waals surface area contributed by atoms with Gasteiger partial charge in [0, 0.05) is 13.0 Å². The van der Waals surface area contributed by atoms with E-state index in [1.807, 2.05) is 0 Å². The van der Waals surface area contributed by atoms with Gasteiger partial charge in [-0.3, -0.25) is 4.79 Å². The lowest BCUT2D eigenvalue weighted by atomic mass is 9.98. The van der Waals surface area contributed by atoms with Gasteiger partial charge in [-0.05, 0) is 70.6 Å². The minimum atomic E-state index is -1.71. The molecule has 0 radical (unpaired) electrons. The molecular formula is C61H112O14. The van der Waals surface area contributed by atoms with Crippen LogP contribution in [0.15, 0.2) is 36.5 Å². The lowest BCUT2D eigenvalue weighted by Crippen LogP contribution is -2.61. The maximum absolute atomic E-state index is 13.1. The van der Waals surface area contributed by atoms with Crippen LogP contribution in [0.5, 0.6) is 0 Å². The second-order valence-corrected chi connectivity index (χ2v) is 21.5. The third-order valence-corrected chi connectivity index (χ3v) is 14.6. The first-order valence-corrected chi connectivity index (χ1v) is 30.6. The summed E-state index contributed by atoms with van der Waals surface area (Å²) in [6, 6.07) is 0. The van der Waals surface area contributed by atoms with Crippen LogP contribution in [0.1, 0.15) is 245 Å². The van der Waals surface area contributed by atoms with E-state index in [9.17, 15) is 40.5 Å². The Morgan fingerprint density at radius 1 is 0.440 bits per heavy atom. The van der Waals surface area contributed by atoms with Gasteiger partial charge in [-0.2, -0.15) is 0 Å². The van der Waals surface area contributed by atoms with E-state index in [1.54, 1.807) is 0 Å².